The molecule has 5 heteroatoms. The van der Waals surface area contributed by atoms with Gasteiger partial charge < -0.3 is 5.32 Å². The topological polar surface area (TPSA) is 69.0 Å². The summed E-state index contributed by atoms with van der Waals surface area (Å²) in [5, 5.41) is 12.4. The van der Waals surface area contributed by atoms with Crippen LogP contribution in [0, 0.1) is 11.3 Å². The zero-order valence-corrected chi connectivity index (χ0v) is 14.7. The lowest BCUT2D eigenvalue weighted by atomic mass is 9.74. The van der Waals surface area contributed by atoms with Crippen LogP contribution in [0.5, 0.6) is 0 Å². The highest BCUT2D eigenvalue weighted by Gasteiger charge is 2.48. The van der Waals surface area contributed by atoms with Crippen LogP contribution in [-0.4, -0.2) is 34.4 Å². The standard InChI is InChI=1S/C21H22N4O/c22-14-16-2-1-3-17(12-16)15-25-10-6-21(7-11-25)19(13-20(26)24-21)18-4-8-23-9-5-18/h1-5,8-9,12,19H,6-7,10-11,13,15H2,(H,24,26). The fourth-order valence-corrected chi connectivity index (χ4v) is 4.41. The lowest BCUT2D eigenvalue weighted by Gasteiger charge is -2.43. The largest absolute Gasteiger partial charge is 0.350 e. The number of nitrogens with zero attached hydrogens (tertiary/aromatic N) is 3. The first-order valence-electron chi connectivity index (χ1n) is 9.11. The van der Waals surface area contributed by atoms with E-state index in [0.29, 0.717) is 12.0 Å². The van der Waals surface area contributed by atoms with Gasteiger partial charge in [0.25, 0.3) is 0 Å². The summed E-state index contributed by atoms with van der Waals surface area (Å²) in [6.45, 7) is 2.73. The number of carbonyl (C=O) groups is 1. The van der Waals surface area contributed by atoms with Gasteiger partial charge in [-0.3, -0.25) is 14.7 Å². The third-order valence-corrected chi connectivity index (χ3v) is 5.76. The summed E-state index contributed by atoms with van der Waals surface area (Å²) in [4.78, 5) is 18.7. The molecule has 1 amide bonds. The number of amides is 1. The molecule has 2 fully saturated rings. The first kappa shape index (κ1) is 16.7. The van der Waals surface area contributed by atoms with Crippen LogP contribution >= 0.6 is 0 Å². The maximum absolute atomic E-state index is 12.2. The molecule has 1 aromatic carbocycles. The summed E-state index contributed by atoms with van der Waals surface area (Å²) in [7, 11) is 0. The van der Waals surface area contributed by atoms with E-state index in [4.69, 9.17) is 5.26 Å². The van der Waals surface area contributed by atoms with Crippen LogP contribution in [-0.2, 0) is 11.3 Å². The van der Waals surface area contributed by atoms with Gasteiger partial charge >= 0.3 is 0 Å². The van der Waals surface area contributed by atoms with Gasteiger partial charge in [-0.1, -0.05) is 12.1 Å². The predicted octanol–water partition coefficient (Wildman–Crippen LogP) is 2.59. The molecule has 4 rings (SSSR count). The summed E-state index contributed by atoms with van der Waals surface area (Å²) in [5.74, 6) is 0.379. The minimum atomic E-state index is -0.135. The van der Waals surface area contributed by atoms with Crippen LogP contribution in [0.4, 0.5) is 0 Å². The van der Waals surface area contributed by atoms with E-state index < -0.39 is 0 Å². The van der Waals surface area contributed by atoms with E-state index in [1.54, 1.807) is 0 Å². The molecular weight excluding hydrogens is 324 g/mol. The number of piperidine rings is 1. The van der Waals surface area contributed by atoms with Crippen LogP contribution in [0.15, 0.2) is 48.8 Å². The third-order valence-electron chi connectivity index (χ3n) is 5.76. The summed E-state index contributed by atoms with van der Waals surface area (Å²) in [5.41, 5.74) is 2.94. The van der Waals surface area contributed by atoms with Crippen molar-refractivity contribution in [3.63, 3.8) is 0 Å². The molecule has 1 N–H and O–H groups in total. The Morgan fingerprint density at radius 1 is 1.23 bits per heavy atom. The first-order valence-corrected chi connectivity index (χ1v) is 9.11. The Morgan fingerprint density at radius 3 is 2.73 bits per heavy atom. The van der Waals surface area contributed by atoms with Crippen molar-refractivity contribution < 1.29 is 4.79 Å². The molecule has 1 spiro atoms. The number of rotatable bonds is 3. The van der Waals surface area contributed by atoms with E-state index in [1.807, 2.05) is 42.7 Å². The summed E-state index contributed by atoms with van der Waals surface area (Å²) in [6.07, 6.45) is 6.08. The Labute approximate surface area is 153 Å². The molecular formula is C21H22N4O. The minimum absolute atomic E-state index is 0.135. The molecule has 2 aliphatic heterocycles. The molecule has 0 aliphatic carbocycles. The quantitative estimate of drug-likeness (QED) is 0.927. The first-order chi connectivity index (χ1) is 12.7. The number of hydrogen-bond donors (Lipinski definition) is 1. The van der Waals surface area contributed by atoms with Crippen molar-refractivity contribution in [3.8, 4) is 6.07 Å². The monoisotopic (exact) mass is 346 g/mol. The summed E-state index contributed by atoms with van der Waals surface area (Å²) in [6, 6.07) is 14.1. The smallest absolute Gasteiger partial charge is 0.221 e. The molecule has 2 aliphatic rings. The van der Waals surface area contributed by atoms with Gasteiger partial charge in [0.05, 0.1) is 11.6 Å². The number of hydrogen-bond acceptors (Lipinski definition) is 4. The van der Waals surface area contributed by atoms with E-state index >= 15 is 0 Å². The normalized spacial score (nSPS) is 22.1. The van der Waals surface area contributed by atoms with Crippen molar-refractivity contribution in [2.75, 3.05) is 13.1 Å². The van der Waals surface area contributed by atoms with Gasteiger partial charge in [0.15, 0.2) is 0 Å². The summed E-state index contributed by atoms with van der Waals surface area (Å²) < 4.78 is 0. The van der Waals surface area contributed by atoms with Crippen molar-refractivity contribution in [1.82, 2.24) is 15.2 Å². The highest BCUT2D eigenvalue weighted by Crippen LogP contribution is 2.43. The molecule has 1 atom stereocenters. The molecule has 2 saturated heterocycles. The van der Waals surface area contributed by atoms with Crippen molar-refractivity contribution in [1.29, 1.82) is 5.26 Å². The van der Waals surface area contributed by atoms with Crippen LogP contribution < -0.4 is 5.32 Å². The Bertz CT molecular complexity index is 835. The second-order valence-corrected chi connectivity index (χ2v) is 7.33. The van der Waals surface area contributed by atoms with Crippen LogP contribution in [0.1, 0.15) is 41.9 Å². The number of likely N-dealkylation sites (tertiary alicyclic amines) is 1. The molecule has 2 aromatic rings. The maximum atomic E-state index is 12.2. The second kappa shape index (κ2) is 6.89. The third kappa shape index (κ3) is 3.21. The molecule has 1 unspecified atom stereocenters. The van der Waals surface area contributed by atoms with Gasteiger partial charge in [-0.05, 0) is 48.2 Å². The molecule has 5 nitrogen and oxygen atoms in total. The highest BCUT2D eigenvalue weighted by molar-refractivity contribution is 5.81. The van der Waals surface area contributed by atoms with E-state index in [0.717, 1.165) is 32.5 Å². The zero-order chi connectivity index (χ0) is 18.0. The molecule has 132 valence electrons. The average Bonchev–Trinajstić information content (AvgIpc) is 3.00. The number of nitriles is 1. The van der Waals surface area contributed by atoms with Crippen LogP contribution in [0.3, 0.4) is 0 Å². The second-order valence-electron chi connectivity index (χ2n) is 7.33. The Hall–Kier alpha value is -2.71. The maximum Gasteiger partial charge on any atom is 0.221 e. The van der Waals surface area contributed by atoms with E-state index in [9.17, 15) is 4.79 Å². The van der Waals surface area contributed by atoms with Gasteiger partial charge in [-0.2, -0.15) is 5.26 Å². The molecule has 1 aromatic heterocycles. The molecule has 0 saturated carbocycles. The highest BCUT2D eigenvalue weighted by atomic mass is 16.2. The lowest BCUT2D eigenvalue weighted by Crippen LogP contribution is -2.53. The van der Waals surface area contributed by atoms with Crippen molar-refractivity contribution in [3.05, 3.63) is 65.5 Å². The fourth-order valence-electron chi connectivity index (χ4n) is 4.41. The van der Waals surface area contributed by atoms with Gasteiger partial charge in [0.2, 0.25) is 5.91 Å². The molecule has 26 heavy (non-hydrogen) atoms. The van der Waals surface area contributed by atoms with Gasteiger partial charge in [0.1, 0.15) is 0 Å². The van der Waals surface area contributed by atoms with E-state index in [-0.39, 0.29) is 17.4 Å². The fraction of sp³-hybridized carbons (Fsp3) is 0.381. The van der Waals surface area contributed by atoms with Crippen molar-refractivity contribution >= 4 is 5.91 Å². The lowest BCUT2D eigenvalue weighted by molar-refractivity contribution is -0.120. The van der Waals surface area contributed by atoms with Crippen molar-refractivity contribution in [2.24, 2.45) is 0 Å². The number of aromatic nitrogens is 1. The predicted molar refractivity (Wildman–Crippen MR) is 98.1 cm³/mol. The zero-order valence-electron chi connectivity index (χ0n) is 14.7. The van der Waals surface area contributed by atoms with Gasteiger partial charge in [-0.15, -0.1) is 0 Å². The summed E-state index contributed by atoms with van der Waals surface area (Å²) >= 11 is 0. The van der Waals surface area contributed by atoms with E-state index in [1.165, 1.54) is 11.1 Å². The molecule has 0 bridgehead atoms. The number of nitrogens with one attached hydrogen (secondary N) is 1. The molecule has 0 radical (unpaired) electrons. The van der Waals surface area contributed by atoms with Gasteiger partial charge in [0, 0.05) is 49.9 Å². The number of pyridine rings is 1. The van der Waals surface area contributed by atoms with Gasteiger partial charge in [-0.25, -0.2) is 0 Å². The minimum Gasteiger partial charge on any atom is -0.350 e. The van der Waals surface area contributed by atoms with Crippen LogP contribution in [0.25, 0.3) is 0 Å². The Balaban J connectivity index is 1.46. The Kier molecular flexibility index (Phi) is 4.44. The molecule has 3 heterocycles. The number of benzene rings is 1. The van der Waals surface area contributed by atoms with Crippen LogP contribution in [0.2, 0.25) is 0 Å². The average molecular weight is 346 g/mol. The SMILES string of the molecule is N#Cc1cccc(CN2CCC3(CC2)NC(=O)CC3c2ccncc2)c1. The van der Waals surface area contributed by atoms with E-state index in [2.05, 4.69) is 27.3 Å². The Morgan fingerprint density at radius 2 is 2.00 bits per heavy atom. The number of carbonyl (C=O) groups excluding carboxylic acids is 1. The van der Waals surface area contributed by atoms with Crippen molar-refractivity contribution in [2.45, 2.75) is 37.3 Å².